The molecule has 4 nitrogen and oxygen atoms in total. The molecule has 0 radical (unpaired) electrons. The summed E-state index contributed by atoms with van der Waals surface area (Å²) in [6.07, 6.45) is 1.29. The smallest absolute Gasteiger partial charge is 0.269 e. The largest absolute Gasteiger partial charge is 0.299 e. The molecule has 0 aliphatic rings. The summed E-state index contributed by atoms with van der Waals surface area (Å²) in [7, 11) is 0. The molecule has 0 bridgehead atoms. The normalized spacial score (nSPS) is 10.9. The van der Waals surface area contributed by atoms with E-state index in [0.717, 1.165) is 11.0 Å². The number of hydrogen-bond acceptors (Lipinski definition) is 3. The average molecular weight is 306 g/mol. The van der Waals surface area contributed by atoms with Gasteiger partial charge in [0.2, 0.25) is 0 Å². The third-order valence-corrected chi connectivity index (χ3v) is 3.50. The van der Waals surface area contributed by atoms with Gasteiger partial charge >= 0.3 is 0 Å². The van der Waals surface area contributed by atoms with Gasteiger partial charge in [0.15, 0.2) is 0 Å². The van der Waals surface area contributed by atoms with Crippen molar-refractivity contribution in [2.75, 3.05) is 0 Å². The van der Waals surface area contributed by atoms with Crippen LogP contribution in [0.25, 0.3) is 11.0 Å². The molecule has 0 aliphatic heterocycles. The second kappa shape index (κ2) is 5.23. The molecule has 0 aliphatic carbocycles. The molecule has 2 aromatic heterocycles. The van der Waals surface area contributed by atoms with Gasteiger partial charge in [-0.25, -0.2) is 9.97 Å². The molecule has 2 heterocycles. The molecule has 1 aromatic carbocycles. The van der Waals surface area contributed by atoms with E-state index in [4.69, 9.17) is 23.2 Å². The lowest BCUT2D eigenvalue weighted by atomic mass is 10.2. The minimum absolute atomic E-state index is 0.207. The van der Waals surface area contributed by atoms with E-state index in [-0.39, 0.29) is 12.1 Å². The molecule has 100 valence electrons. The molecular formula is C14H9Cl2N3O. The number of pyridine rings is 1. The van der Waals surface area contributed by atoms with Crippen LogP contribution in [0.1, 0.15) is 5.69 Å². The van der Waals surface area contributed by atoms with Crippen LogP contribution >= 0.6 is 23.2 Å². The quantitative estimate of drug-likeness (QED) is 0.683. The predicted octanol–water partition coefficient (Wildman–Crippen LogP) is 3.15. The Labute approximate surface area is 124 Å². The molecule has 0 fully saturated rings. The molecular weight excluding hydrogens is 297 g/mol. The number of hydrogen-bond donors (Lipinski definition) is 0. The van der Waals surface area contributed by atoms with Crippen LogP contribution in [0.5, 0.6) is 0 Å². The summed E-state index contributed by atoms with van der Waals surface area (Å²) in [5, 5.41) is 0.818. The SMILES string of the molecule is O=c1cnc2ccccc2n1Cc1nc(Cl)ccc1Cl. The number of rotatable bonds is 2. The predicted molar refractivity (Wildman–Crippen MR) is 79.4 cm³/mol. The summed E-state index contributed by atoms with van der Waals surface area (Å²) < 4.78 is 1.58. The van der Waals surface area contributed by atoms with Crippen molar-refractivity contribution in [3.63, 3.8) is 0 Å². The zero-order valence-electron chi connectivity index (χ0n) is 10.3. The van der Waals surface area contributed by atoms with Gasteiger partial charge in [-0.15, -0.1) is 0 Å². The third kappa shape index (κ3) is 2.40. The number of halogens is 2. The summed E-state index contributed by atoms with van der Waals surface area (Å²) in [6.45, 7) is 0.251. The highest BCUT2D eigenvalue weighted by Crippen LogP contribution is 2.18. The topological polar surface area (TPSA) is 47.8 Å². The van der Waals surface area contributed by atoms with Crippen LogP contribution in [0.3, 0.4) is 0 Å². The maximum absolute atomic E-state index is 12.0. The Morgan fingerprint density at radius 3 is 2.75 bits per heavy atom. The Kier molecular flexibility index (Phi) is 3.42. The number of aromatic nitrogens is 3. The van der Waals surface area contributed by atoms with Crippen LogP contribution in [0, 0.1) is 0 Å². The van der Waals surface area contributed by atoms with Crippen molar-refractivity contribution in [3.8, 4) is 0 Å². The zero-order valence-corrected chi connectivity index (χ0v) is 11.8. The monoisotopic (exact) mass is 305 g/mol. The second-order valence-corrected chi connectivity index (χ2v) is 5.03. The van der Waals surface area contributed by atoms with Crippen LogP contribution in [0.15, 0.2) is 47.4 Å². The molecule has 0 amide bonds. The fourth-order valence-electron chi connectivity index (χ4n) is 2.00. The first kappa shape index (κ1) is 13.1. The van der Waals surface area contributed by atoms with E-state index < -0.39 is 0 Å². The highest BCUT2D eigenvalue weighted by atomic mass is 35.5. The van der Waals surface area contributed by atoms with Crippen molar-refractivity contribution in [2.45, 2.75) is 6.54 Å². The summed E-state index contributed by atoms with van der Waals surface area (Å²) in [5.74, 6) is 0. The summed E-state index contributed by atoms with van der Waals surface area (Å²) in [6, 6.07) is 10.7. The van der Waals surface area contributed by atoms with Gasteiger partial charge in [0, 0.05) is 0 Å². The van der Waals surface area contributed by atoms with Crippen LogP contribution in [-0.2, 0) is 6.54 Å². The maximum Gasteiger partial charge on any atom is 0.269 e. The fourth-order valence-corrected chi connectivity index (χ4v) is 2.33. The molecule has 0 saturated carbocycles. The van der Waals surface area contributed by atoms with E-state index in [9.17, 15) is 4.79 Å². The Balaban J connectivity index is 2.17. The van der Waals surface area contributed by atoms with Crippen molar-refractivity contribution < 1.29 is 0 Å². The summed E-state index contributed by atoms with van der Waals surface area (Å²) >= 11 is 12.0. The number of fused-ring (bicyclic) bond motifs is 1. The van der Waals surface area contributed by atoms with Gasteiger partial charge in [0.05, 0.1) is 34.5 Å². The standard InChI is InChI=1S/C14H9Cl2N3O/c15-9-5-6-13(16)18-11(9)8-19-12-4-2-1-3-10(12)17-7-14(19)20/h1-7H,8H2. The van der Waals surface area contributed by atoms with Gasteiger partial charge in [0.25, 0.3) is 5.56 Å². The molecule has 3 aromatic rings. The minimum atomic E-state index is -0.207. The van der Waals surface area contributed by atoms with Crippen LogP contribution < -0.4 is 5.56 Å². The van der Waals surface area contributed by atoms with E-state index in [2.05, 4.69) is 9.97 Å². The van der Waals surface area contributed by atoms with Crippen molar-refractivity contribution >= 4 is 34.2 Å². The number of para-hydroxylation sites is 2. The van der Waals surface area contributed by atoms with Crippen molar-refractivity contribution in [1.29, 1.82) is 0 Å². The number of benzene rings is 1. The minimum Gasteiger partial charge on any atom is -0.299 e. The lowest BCUT2D eigenvalue weighted by molar-refractivity contribution is 0.765. The van der Waals surface area contributed by atoms with Crippen molar-refractivity contribution in [3.05, 3.63) is 68.8 Å². The van der Waals surface area contributed by atoms with Crippen molar-refractivity contribution in [2.24, 2.45) is 0 Å². The molecule has 6 heteroatoms. The van der Waals surface area contributed by atoms with Gasteiger partial charge in [-0.05, 0) is 24.3 Å². The fraction of sp³-hybridized carbons (Fsp3) is 0.0714. The van der Waals surface area contributed by atoms with E-state index >= 15 is 0 Å². The highest BCUT2D eigenvalue weighted by Gasteiger charge is 2.09. The van der Waals surface area contributed by atoms with Crippen LogP contribution in [-0.4, -0.2) is 14.5 Å². The first-order valence-corrected chi connectivity index (χ1v) is 6.66. The number of nitrogens with zero attached hydrogens (tertiary/aromatic N) is 3. The van der Waals surface area contributed by atoms with Crippen LogP contribution in [0.2, 0.25) is 10.2 Å². The maximum atomic E-state index is 12.0. The van der Waals surface area contributed by atoms with Gasteiger partial charge in [-0.2, -0.15) is 0 Å². The summed E-state index contributed by atoms with van der Waals surface area (Å²) in [4.78, 5) is 20.3. The Morgan fingerprint density at radius 2 is 1.90 bits per heavy atom. The van der Waals surface area contributed by atoms with Crippen LogP contribution in [0.4, 0.5) is 0 Å². The molecule has 0 unspecified atom stereocenters. The Hall–Kier alpha value is -1.91. The van der Waals surface area contributed by atoms with Gasteiger partial charge in [-0.1, -0.05) is 35.3 Å². The second-order valence-electron chi connectivity index (χ2n) is 4.23. The first-order valence-electron chi connectivity index (χ1n) is 5.90. The first-order chi connectivity index (χ1) is 9.65. The third-order valence-electron chi connectivity index (χ3n) is 2.95. The van der Waals surface area contributed by atoms with E-state index in [1.54, 1.807) is 16.7 Å². The lowest BCUT2D eigenvalue weighted by Gasteiger charge is -2.10. The summed E-state index contributed by atoms with van der Waals surface area (Å²) in [5.41, 5.74) is 1.82. The van der Waals surface area contributed by atoms with E-state index in [1.165, 1.54) is 6.20 Å². The van der Waals surface area contributed by atoms with E-state index in [0.29, 0.717) is 15.9 Å². The molecule has 20 heavy (non-hydrogen) atoms. The molecule has 0 atom stereocenters. The Morgan fingerprint density at radius 1 is 1.10 bits per heavy atom. The molecule has 0 N–H and O–H groups in total. The van der Waals surface area contributed by atoms with Gasteiger partial charge in [-0.3, -0.25) is 9.36 Å². The Bertz CT molecular complexity index is 845. The molecule has 0 spiro atoms. The van der Waals surface area contributed by atoms with E-state index in [1.807, 2.05) is 24.3 Å². The highest BCUT2D eigenvalue weighted by molar-refractivity contribution is 6.32. The van der Waals surface area contributed by atoms with Gasteiger partial charge < -0.3 is 0 Å². The van der Waals surface area contributed by atoms with Crippen molar-refractivity contribution in [1.82, 2.24) is 14.5 Å². The molecule has 0 saturated heterocycles. The lowest BCUT2D eigenvalue weighted by Crippen LogP contribution is -2.21. The molecule has 3 rings (SSSR count). The van der Waals surface area contributed by atoms with Gasteiger partial charge in [0.1, 0.15) is 5.15 Å². The average Bonchev–Trinajstić information content (AvgIpc) is 2.46. The zero-order chi connectivity index (χ0) is 14.1.